The number of aromatic hydroxyl groups is 1. The summed E-state index contributed by atoms with van der Waals surface area (Å²) in [4.78, 5) is 22.7. The Hall–Kier alpha value is -2.30. The summed E-state index contributed by atoms with van der Waals surface area (Å²) in [6, 6.07) is 4.24. The van der Waals surface area contributed by atoms with E-state index in [1.165, 1.54) is 18.2 Å². The van der Waals surface area contributed by atoms with Crippen molar-refractivity contribution in [3.8, 4) is 5.75 Å². The second kappa shape index (κ2) is 5.56. The predicted molar refractivity (Wildman–Crippen MR) is 70.2 cm³/mol. The molecular weight excluding hydrogens is 246 g/mol. The topological polar surface area (TPSA) is 86.6 Å². The van der Waals surface area contributed by atoms with E-state index in [1.807, 2.05) is 12.2 Å². The maximum atomic E-state index is 11.8. The quantitative estimate of drug-likeness (QED) is 0.573. The zero-order valence-corrected chi connectivity index (χ0v) is 10.3. The molecule has 100 valence electrons. The third kappa shape index (κ3) is 3.13. The van der Waals surface area contributed by atoms with Crippen LogP contribution in [0.2, 0.25) is 0 Å². The van der Waals surface area contributed by atoms with E-state index in [0.29, 0.717) is 6.42 Å². The number of amides is 1. The highest BCUT2D eigenvalue weighted by Crippen LogP contribution is 2.28. The number of carbonyl (C=O) groups is 2. The lowest BCUT2D eigenvalue weighted by Crippen LogP contribution is -2.15. The Kier molecular flexibility index (Phi) is 3.85. The summed E-state index contributed by atoms with van der Waals surface area (Å²) in [6.07, 6.45) is 6.33. The molecule has 1 aromatic carbocycles. The van der Waals surface area contributed by atoms with Crippen molar-refractivity contribution in [1.82, 2.24) is 0 Å². The van der Waals surface area contributed by atoms with Crippen molar-refractivity contribution in [2.45, 2.75) is 19.3 Å². The Morgan fingerprint density at radius 1 is 1.37 bits per heavy atom. The maximum Gasteiger partial charge on any atom is 0.339 e. The third-order valence-electron chi connectivity index (χ3n) is 3.10. The van der Waals surface area contributed by atoms with Gasteiger partial charge in [-0.15, -0.1) is 0 Å². The summed E-state index contributed by atoms with van der Waals surface area (Å²) < 4.78 is 0. The minimum absolute atomic E-state index is 0.131. The monoisotopic (exact) mass is 261 g/mol. The highest BCUT2D eigenvalue weighted by Gasteiger charge is 2.17. The Balaban J connectivity index is 2.06. The molecule has 0 bridgehead atoms. The first kappa shape index (κ1) is 13.1. The number of allylic oxidation sites excluding steroid dienone is 2. The molecule has 1 unspecified atom stereocenters. The van der Waals surface area contributed by atoms with Crippen LogP contribution in [-0.2, 0) is 4.79 Å². The molecule has 1 amide bonds. The van der Waals surface area contributed by atoms with Gasteiger partial charge in [0.05, 0.1) is 5.69 Å². The molecule has 0 heterocycles. The second-order valence-electron chi connectivity index (χ2n) is 4.52. The van der Waals surface area contributed by atoms with Crippen LogP contribution in [0.1, 0.15) is 29.6 Å². The number of carboxylic acids is 1. The Bertz CT molecular complexity index is 536. The number of aromatic carboxylic acids is 1. The molecule has 5 heteroatoms. The first-order valence-electron chi connectivity index (χ1n) is 6.09. The summed E-state index contributed by atoms with van der Waals surface area (Å²) in [5, 5.41) is 21.2. The zero-order valence-electron chi connectivity index (χ0n) is 10.3. The number of carboxylic acid groups (broad SMARTS) is 1. The van der Waals surface area contributed by atoms with E-state index in [-0.39, 0.29) is 23.1 Å². The van der Waals surface area contributed by atoms with Gasteiger partial charge < -0.3 is 15.5 Å². The van der Waals surface area contributed by atoms with Crippen LogP contribution in [-0.4, -0.2) is 22.1 Å². The van der Waals surface area contributed by atoms with E-state index >= 15 is 0 Å². The molecule has 0 fully saturated rings. The van der Waals surface area contributed by atoms with Gasteiger partial charge in [0.15, 0.2) is 5.75 Å². The van der Waals surface area contributed by atoms with Crippen molar-refractivity contribution < 1.29 is 19.8 Å². The molecule has 0 saturated carbocycles. The van der Waals surface area contributed by atoms with Crippen molar-refractivity contribution in [2.24, 2.45) is 5.92 Å². The SMILES string of the molecule is O=C(CC1C=CCC1)Nc1cccc(C(=O)O)c1O. The average molecular weight is 261 g/mol. The summed E-state index contributed by atoms with van der Waals surface area (Å²) in [5.41, 5.74) is -0.0922. The largest absolute Gasteiger partial charge is 0.505 e. The average Bonchev–Trinajstić information content (AvgIpc) is 2.84. The third-order valence-corrected chi connectivity index (χ3v) is 3.10. The highest BCUT2D eigenvalue weighted by atomic mass is 16.4. The van der Waals surface area contributed by atoms with Crippen LogP contribution in [0, 0.1) is 5.92 Å². The second-order valence-corrected chi connectivity index (χ2v) is 4.52. The van der Waals surface area contributed by atoms with Crippen molar-refractivity contribution in [3.05, 3.63) is 35.9 Å². The maximum absolute atomic E-state index is 11.8. The number of hydrogen-bond acceptors (Lipinski definition) is 3. The van der Waals surface area contributed by atoms with Crippen LogP contribution >= 0.6 is 0 Å². The van der Waals surface area contributed by atoms with Crippen LogP contribution in [0.4, 0.5) is 5.69 Å². The summed E-state index contributed by atoms with van der Waals surface area (Å²) in [6.45, 7) is 0. The molecule has 3 N–H and O–H groups in total. The fourth-order valence-corrected chi connectivity index (χ4v) is 2.12. The molecule has 1 aliphatic rings. The number of rotatable bonds is 4. The highest BCUT2D eigenvalue weighted by molar-refractivity contribution is 5.97. The molecule has 0 saturated heterocycles. The molecule has 0 aromatic heterocycles. The van der Waals surface area contributed by atoms with Crippen LogP contribution in [0.15, 0.2) is 30.4 Å². The number of benzene rings is 1. The van der Waals surface area contributed by atoms with E-state index < -0.39 is 11.7 Å². The molecule has 1 aromatic rings. The Labute approximate surface area is 110 Å². The molecule has 5 nitrogen and oxygen atoms in total. The van der Waals surface area contributed by atoms with Crippen LogP contribution in [0.5, 0.6) is 5.75 Å². The van der Waals surface area contributed by atoms with E-state index in [9.17, 15) is 14.7 Å². The number of hydrogen-bond donors (Lipinski definition) is 3. The van der Waals surface area contributed by atoms with Gasteiger partial charge in [-0.1, -0.05) is 18.2 Å². The van der Waals surface area contributed by atoms with Crippen LogP contribution < -0.4 is 5.32 Å². The minimum atomic E-state index is -1.23. The van der Waals surface area contributed by atoms with Gasteiger partial charge in [-0.25, -0.2) is 4.79 Å². The summed E-state index contributed by atoms with van der Waals surface area (Å²) in [5.74, 6) is -1.64. The lowest BCUT2D eigenvalue weighted by molar-refractivity contribution is -0.116. The molecule has 0 aliphatic heterocycles. The van der Waals surface area contributed by atoms with E-state index in [4.69, 9.17) is 5.11 Å². The molecule has 19 heavy (non-hydrogen) atoms. The standard InChI is InChI=1S/C14H15NO4/c16-12(8-9-4-1-2-5-9)15-11-7-3-6-10(13(11)17)14(18)19/h1,3-4,6-7,9,17H,2,5,8H2,(H,15,16)(H,18,19). The normalized spacial score (nSPS) is 17.4. The van der Waals surface area contributed by atoms with Crippen molar-refractivity contribution in [2.75, 3.05) is 5.32 Å². The van der Waals surface area contributed by atoms with Crippen molar-refractivity contribution in [3.63, 3.8) is 0 Å². The number of para-hydroxylation sites is 1. The molecule has 1 aliphatic carbocycles. The van der Waals surface area contributed by atoms with E-state index in [2.05, 4.69) is 5.32 Å². The van der Waals surface area contributed by atoms with Gasteiger partial charge in [0, 0.05) is 6.42 Å². The van der Waals surface area contributed by atoms with Crippen LogP contribution in [0.25, 0.3) is 0 Å². The van der Waals surface area contributed by atoms with Crippen molar-refractivity contribution in [1.29, 1.82) is 0 Å². The first-order chi connectivity index (χ1) is 9.08. The van der Waals surface area contributed by atoms with E-state index in [0.717, 1.165) is 12.8 Å². The molecule has 0 spiro atoms. The van der Waals surface area contributed by atoms with Gasteiger partial charge in [0.25, 0.3) is 0 Å². The summed E-state index contributed by atoms with van der Waals surface area (Å²) in [7, 11) is 0. The van der Waals surface area contributed by atoms with Gasteiger partial charge in [0.2, 0.25) is 5.91 Å². The van der Waals surface area contributed by atoms with Crippen LogP contribution in [0.3, 0.4) is 0 Å². The minimum Gasteiger partial charge on any atom is -0.505 e. The number of anilines is 1. The van der Waals surface area contributed by atoms with Gasteiger partial charge >= 0.3 is 5.97 Å². The molecule has 1 atom stereocenters. The first-order valence-corrected chi connectivity index (χ1v) is 6.09. The van der Waals surface area contributed by atoms with Gasteiger partial charge in [-0.05, 0) is 30.9 Å². The lowest BCUT2D eigenvalue weighted by atomic mass is 10.0. The van der Waals surface area contributed by atoms with Gasteiger partial charge in [-0.3, -0.25) is 4.79 Å². The summed E-state index contributed by atoms with van der Waals surface area (Å²) >= 11 is 0. The lowest BCUT2D eigenvalue weighted by Gasteiger charge is -2.11. The fraction of sp³-hybridized carbons (Fsp3) is 0.286. The Morgan fingerprint density at radius 2 is 2.16 bits per heavy atom. The number of phenols is 1. The molecular formula is C14H15NO4. The smallest absolute Gasteiger partial charge is 0.339 e. The number of carbonyl (C=O) groups excluding carboxylic acids is 1. The molecule has 2 rings (SSSR count). The van der Waals surface area contributed by atoms with Gasteiger partial charge in [-0.2, -0.15) is 0 Å². The Morgan fingerprint density at radius 3 is 2.79 bits per heavy atom. The number of nitrogens with one attached hydrogen (secondary N) is 1. The predicted octanol–water partition coefficient (Wildman–Crippen LogP) is 2.39. The van der Waals surface area contributed by atoms with Crippen molar-refractivity contribution >= 4 is 17.6 Å². The van der Waals surface area contributed by atoms with Gasteiger partial charge in [0.1, 0.15) is 5.56 Å². The fourth-order valence-electron chi connectivity index (χ4n) is 2.12. The molecule has 0 radical (unpaired) electrons. The zero-order chi connectivity index (χ0) is 13.8. The van der Waals surface area contributed by atoms with E-state index in [1.54, 1.807) is 0 Å².